The number of nitrogen functional groups attached to an aromatic ring is 1. The zero-order valence-electron chi connectivity index (χ0n) is 8.98. The molecule has 0 aliphatic carbocycles. The Morgan fingerprint density at radius 2 is 2.50 bits per heavy atom. The second-order valence-electron chi connectivity index (χ2n) is 3.72. The van der Waals surface area contributed by atoms with Gasteiger partial charge in [-0.2, -0.15) is 0 Å². The number of ether oxygens (including phenoxy) is 2. The van der Waals surface area contributed by atoms with E-state index >= 15 is 0 Å². The highest BCUT2D eigenvalue weighted by Gasteiger charge is 2.16. The van der Waals surface area contributed by atoms with Crippen molar-refractivity contribution in [3.8, 4) is 5.88 Å². The molecule has 1 aromatic rings. The number of amidine groups is 1. The maximum Gasteiger partial charge on any atom is 0.213 e. The van der Waals surface area contributed by atoms with E-state index < -0.39 is 0 Å². The van der Waals surface area contributed by atoms with Crippen LogP contribution in [0.1, 0.15) is 18.5 Å². The fourth-order valence-corrected chi connectivity index (χ4v) is 1.60. The number of pyridine rings is 1. The molecule has 0 radical (unpaired) electrons. The van der Waals surface area contributed by atoms with Crippen molar-refractivity contribution >= 4 is 5.84 Å². The van der Waals surface area contributed by atoms with Gasteiger partial charge >= 0.3 is 0 Å². The molecule has 0 spiro atoms. The summed E-state index contributed by atoms with van der Waals surface area (Å²) in [6.07, 6.45) is 2.30. The van der Waals surface area contributed by atoms with Gasteiger partial charge in [-0.25, -0.2) is 4.98 Å². The summed E-state index contributed by atoms with van der Waals surface area (Å²) in [6, 6.07) is 5.21. The predicted molar refractivity (Wildman–Crippen MR) is 59.7 cm³/mol. The summed E-state index contributed by atoms with van der Waals surface area (Å²) >= 11 is 0. The summed E-state index contributed by atoms with van der Waals surface area (Å²) < 4.78 is 10.9. The van der Waals surface area contributed by atoms with Crippen LogP contribution in [0.15, 0.2) is 18.2 Å². The molecule has 3 N–H and O–H groups in total. The van der Waals surface area contributed by atoms with Crippen LogP contribution < -0.4 is 10.5 Å². The number of hydrogen-bond acceptors (Lipinski definition) is 4. The number of rotatable bonds is 4. The van der Waals surface area contributed by atoms with E-state index in [1.165, 1.54) is 0 Å². The highest BCUT2D eigenvalue weighted by Crippen LogP contribution is 2.14. The van der Waals surface area contributed by atoms with E-state index in [4.69, 9.17) is 20.6 Å². The fourth-order valence-electron chi connectivity index (χ4n) is 1.60. The van der Waals surface area contributed by atoms with Crippen molar-refractivity contribution in [2.45, 2.75) is 18.9 Å². The van der Waals surface area contributed by atoms with Gasteiger partial charge in [-0.3, -0.25) is 5.41 Å². The van der Waals surface area contributed by atoms with Crippen molar-refractivity contribution in [1.82, 2.24) is 4.98 Å². The molecule has 86 valence electrons. The summed E-state index contributed by atoms with van der Waals surface area (Å²) in [7, 11) is 0. The molecular formula is C11H15N3O2. The summed E-state index contributed by atoms with van der Waals surface area (Å²) in [5, 5.41) is 7.27. The first kappa shape index (κ1) is 10.9. The molecule has 16 heavy (non-hydrogen) atoms. The molecule has 0 amide bonds. The van der Waals surface area contributed by atoms with E-state index in [2.05, 4.69) is 4.98 Å². The van der Waals surface area contributed by atoms with Crippen LogP contribution >= 0.6 is 0 Å². The van der Waals surface area contributed by atoms with Crippen LogP contribution in [0.5, 0.6) is 5.88 Å². The third-order valence-corrected chi connectivity index (χ3v) is 2.44. The lowest BCUT2D eigenvalue weighted by Crippen LogP contribution is -2.18. The lowest BCUT2D eigenvalue weighted by Gasteiger charge is -2.10. The summed E-state index contributed by atoms with van der Waals surface area (Å²) in [5.74, 6) is 0.436. The predicted octanol–water partition coefficient (Wildman–Crippen LogP) is 0.923. The quantitative estimate of drug-likeness (QED) is 0.585. The van der Waals surface area contributed by atoms with Gasteiger partial charge < -0.3 is 15.2 Å². The third-order valence-electron chi connectivity index (χ3n) is 2.44. The minimum atomic E-state index is -0.0532. The van der Waals surface area contributed by atoms with E-state index in [9.17, 15) is 0 Å². The molecule has 1 atom stereocenters. The van der Waals surface area contributed by atoms with Gasteiger partial charge in [-0.05, 0) is 18.9 Å². The van der Waals surface area contributed by atoms with E-state index in [-0.39, 0.29) is 11.9 Å². The van der Waals surface area contributed by atoms with E-state index in [0.717, 1.165) is 19.4 Å². The van der Waals surface area contributed by atoms with E-state index in [0.29, 0.717) is 18.2 Å². The molecule has 1 unspecified atom stereocenters. The molecule has 0 aromatic carbocycles. The first-order valence-corrected chi connectivity index (χ1v) is 5.31. The molecule has 5 heteroatoms. The highest BCUT2D eigenvalue weighted by molar-refractivity contribution is 5.93. The Balaban J connectivity index is 1.93. The summed E-state index contributed by atoms with van der Waals surface area (Å²) in [4.78, 5) is 4.11. The van der Waals surface area contributed by atoms with E-state index in [1.54, 1.807) is 18.2 Å². The zero-order chi connectivity index (χ0) is 11.4. The van der Waals surface area contributed by atoms with Crippen LogP contribution in [-0.2, 0) is 4.74 Å². The first-order chi connectivity index (χ1) is 7.75. The smallest absolute Gasteiger partial charge is 0.213 e. The maximum absolute atomic E-state index is 7.27. The summed E-state index contributed by atoms with van der Waals surface area (Å²) in [6.45, 7) is 1.32. The Labute approximate surface area is 94.1 Å². The average Bonchev–Trinajstić information content (AvgIpc) is 2.79. The topological polar surface area (TPSA) is 81.2 Å². The number of nitrogens with zero attached hydrogens (tertiary/aromatic N) is 1. The normalized spacial score (nSPS) is 19.6. The Hall–Kier alpha value is -1.62. The SMILES string of the molecule is N=C(N)c1cccc(OCC2CCCO2)n1. The molecule has 1 aromatic heterocycles. The van der Waals surface area contributed by atoms with Gasteiger partial charge in [0.15, 0.2) is 0 Å². The third kappa shape index (κ3) is 2.70. The van der Waals surface area contributed by atoms with Crippen LogP contribution in [0.4, 0.5) is 0 Å². The molecule has 2 rings (SSSR count). The Kier molecular flexibility index (Phi) is 3.36. The molecule has 1 fully saturated rings. The first-order valence-electron chi connectivity index (χ1n) is 5.31. The number of aromatic nitrogens is 1. The molecule has 1 aliphatic heterocycles. The van der Waals surface area contributed by atoms with Gasteiger partial charge in [0.1, 0.15) is 18.1 Å². The molecule has 1 saturated heterocycles. The minimum Gasteiger partial charge on any atom is -0.475 e. The second kappa shape index (κ2) is 4.94. The number of nitrogens with two attached hydrogens (primary N) is 1. The van der Waals surface area contributed by atoms with Crippen LogP contribution in [0.3, 0.4) is 0 Å². The molecule has 5 nitrogen and oxygen atoms in total. The second-order valence-corrected chi connectivity index (χ2v) is 3.72. The van der Waals surface area contributed by atoms with Gasteiger partial charge in [0.2, 0.25) is 5.88 Å². The van der Waals surface area contributed by atoms with Crippen molar-refractivity contribution in [3.63, 3.8) is 0 Å². The monoisotopic (exact) mass is 221 g/mol. The van der Waals surface area contributed by atoms with Crippen LogP contribution in [-0.4, -0.2) is 30.1 Å². The zero-order valence-corrected chi connectivity index (χ0v) is 8.98. The maximum atomic E-state index is 7.27. The lowest BCUT2D eigenvalue weighted by molar-refractivity contribution is 0.0663. The van der Waals surface area contributed by atoms with Gasteiger partial charge in [0, 0.05) is 12.7 Å². The molecule has 1 aliphatic rings. The van der Waals surface area contributed by atoms with Gasteiger partial charge in [-0.15, -0.1) is 0 Å². The van der Waals surface area contributed by atoms with Gasteiger partial charge in [-0.1, -0.05) is 6.07 Å². The van der Waals surface area contributed by atoms with Crippen molar-refractivity contribution in [2.75, 3.05) is 13.2 Å². The molecule has 2 heterocycles. The Morgan fingerprint density at radius 3 is 3.19 bits per heavy atom. The van der Waals surface area contributed by atoms with Crippen LogP contribution in [0.2, 0.25) is 0 Å². The minimum absolute atomic E-state index is 0.0532. The average molecular weight is 221 g/mol. The van der Waals surface area contributed by atoms with Crippen molar-refractivity contribution < 1.29 is 9.47 Å². The highest BCUT2D eigenvalue weighted by atomic mass is 16.5. The largest absolute Gasteiger partial charge is 0.475 e. The molecule has 0 saturated carbocycles. The fraction of sp³-hybridized carbons (Fsp3) is 0.455. The Bertz CT molecular complexity index is 375. The molecule has 0 bridgehead atoms. The number of nitrogens with one attached hydrogen (secondary N) is 1. The van der Waals surface area contributed by atoms with Crippen LogP contribution in [0, 0.1) is 5.41 Å². The lowest BCUT2D eigenvalue weighted by atomic mass is 10.2. The number of hydrogen-bond donors (Lipinski definition) is 2. The molecular weight excluding hydrogens is 206 g/mol. The van der Waals surface area contributed by atoms with Gasteiger partial charge in [0.25, 0.3) is 0 Å². The van der Waals surface area contributed by atoms with Crippen LogP contribution in [0.25, 0.3) is 0 Å². The van der Waals surface area contributed by atoms with Crippen molar-refractivity contribution in [2.24, 2.45) is 5.73 Å². The van der Waals surface area contributed by atoms with Crippen molar-refractivity contribution in [1.29, 1.82) is 5.41 Å². The summed E-state index contributed by atoms with van der Waals surface area (Å²) in [5.41, 5.74) is 5.78. The van der Waals surface area contributed by atoms with Gasteiger partial charge in [0.05, 0.1) is 6.10 Å². The van der Waals surface area contributed by atoms with E-state index in [1.807, 2.05) is 0 Å². The van der Waals surface area contributed by atoms with Crippen molar-refractivity contribution in [3.05, 3.63) is 23.9 Å². The Morgan fingerprint density at radius 1 is 1.62 bits per heavy atom. The standard InChI is InChI=1S/C11H15N3O2/c12-11(13)9-4-1-5-10(14-9)16-7-8-3-2-6-15-8/h1,4-5,8H,2-3,6-7H2,(H3,12,13).